The second-order valence-corrected chi connectivity index (χ2v) is 6.07. The Morgan fingerprint density at radius 3 is 2.29 bits per heavy atom. The smallest absolute Gasteiger partial charge is 0.317 e. The highest BCUT2D eigenvalue weighted by molar-refractivity contribution is 5.76. The third-order valence-corrected chi connectivity index (χ3v) is 3.17. The number of ether oxygens (including phenoxy) is 1. The number of nitrogens with zero attached hydrogens (tertiary/aromatic N) is 1. The van der Waals surface area contributed by atoms with E-state index in [9.17, 15) is 14.4 Å². The lowest BCUT2D eigenvalue weighted by molar-refractivity contribution is -0.141. The molecule has 0 radical (unpaired) electrons. The molecule has 0 aromatic heterocycles. The number of methoxy groups -OCH3 is 1. The normalized spacial score (nSPS) is 12.4. The zero-order valence-electron chi connectivity index (χ0n) is 13.4. The SMILES string of the molecule is COC(=O)CCCN(C)C(=O)NC(CC(=O)O)C(C)(C)C. The highest BCUT2D eigenvalue weighted by Crippen LogP contribution is 2.22. The van der Waals surface area contributed by atoms with Crippen LogP contribution in [0.25, 0.3) is 0 Å². The molecular weight excluding hydrogens is 276 g/mol. The lowest BCUT2D eigenvalue weighted by atomic mass is 9.85. The number of hydrogen-bond acceptors (Lipinski definition) is 4. The van der Waals surface area contributed by atoms with Crippen LogP contribution in [0, 0.1) is 5.41 Å². The quantitative estimate of drug-likeness (QED) is 0.694. The van der Waals surface area contributed by atoms with E-state index >= 15 is 0 Å². The summed E-state index contributed by atoms with van der Waals surface area (Å²) in [5.74, 6) is -1.27. The van der Waals surface area contributed by atoms with Crippen molar-refractivity contribution < 1.29 is 24.2 Å². The minimum atomic E-state index is -0.955. The Bertz CT molecular complexity index is 376. The number of urea groups is 1. The Morgan fingerprint density at radius 2 is 1.86 bits per heavy atom. The van der Waals surface area contributed by atoms with Gasteiger partial charge in [0.15, 0.2) is 0 Å². The zero-order valence-corrected chi connectivity index (χ0v) is 13.4. The minimum absolute atomic E-state index is 0.134. The highest BCUT2D eigenvalue weighted by Gasteiger charge is 2.29. The zero-order chi connectivity index (χ0) is 16.6. The largest absolute Gasteiger partial charge is 0.481 e. The first kappa shape index (κ1) is 19.2. The average molecular weight is 302 g/mol. The van der Waals surface area contributed by atoms with Gasteiger partial charge in [0.25, 0.3) is 0 Å². The Labute approximate surface area is 125 Å². The fourth-order valence-electron chi connectivity index (χ4n) is 1.67. The molecule has 7 heteroatoms. The van der Waals surface area contributed by atoms with Crippen molar-refractivity contribution in [1.29, 1.82) is 0 Å². The van der Waals surface area contributed by atoms with Gasteiger partial charge in [-0.2, -0.15) is 0 Å². The van der Waals surface area contributed by atoms with Gasteiger partial charge in [0.2, 0.25) is 0 Å². The van der Waals surface area contributed by atoms with E-state index < -0.39 is 12.0 Å². The molecule has 0 aromatic carbocycles. The molecule has 21 heavy (non-hydrogen) atoms. The van der Waals surface area contributed by atoms with Gasteiger partial charge in [0, 0.05) is 26.1 Å². The lowest BCUT2D eigenvalue weighted by Gasteiger charge is -2.32. The number of carboxylic acid groups (broad SMARTS) is 1. The van der Waals surface area contributed by atoms with Crippen LogP contribution in [0.4, 0.5) is 4.79 Å². The molecule has 2 amide bonds. The maximum atomic E-state index is 12.0. The molecule has 0 heterocycles. The molecule has 2 N–H and O–H groups in total. The van der Waals surface area contributed by atoms with Crippen LogP contribution in [0.2, 0.25) is 0 Å². The topological polar surface area (TPSA) is 95.9 Å². The summed E-state index contributed by atoms with van der Waals surface area (Å²) in [5.41, 5.74) is -0.360. The second kappa shape index (κ2) is 8.49. The standard InChI is InChI=1S/C14H26N2O5/c1-14(2,3)10(9-11(17)18)15-13(20)16(4)8-6-7-12(19)21-5/h10H,6-9H2,1-5H3,(H,15,20)(H,17,18). The molecule has 0 fully saturated rings. The van der Waals surface area contributed by atoms with Crippen LogP contribution < -0.4 is 5.32 Å². The Hall–Kier alpha value is -1.79. The molecule has 0 aliphatic rings. The van der Waals surface area contributed by atoms with Gasteiger partial charge < -0.3 is 20.1 Å². The van der Waals surface area contributed by atoms with Crippen LogP contribution in [-0.4, -0.2) is 54.7 Å². The van der Waals surface area contributed by atoms with Gasteiger partial charge in [-0.25, -0.2) is 4.79 Å². The molecule has 0 aliphatic carbocycles. The number of aliphatic carboxylic acids is 1. The summed E-state index contributed by atoms with van der Waals surface area (Å²) in [6.07, 6.45) is 0.604. The molecule has 122 valence electrons. The fraction of sp³-hybridized carbons (Fsp3) is 0.786. The molecule has 0 aromatic rings. The van der Waals surface area contributed by atoms with Crippen molar-refractivity contribution in [3.63, 3.8) is 0 Å². The molecule has 1 atom stereocenters. The summed E-state index contributed by atoms with van der Waals surface area (Å²) in [6, 6.07) is -0.813. The first-order valence-corrected chi connectivity index (χ1v) is 6.88. The van der Waals surface area contributed by atoms with E-state index in [0.717, 1.165) is 0 Å². The van der Waals surface area contributed by atoms with E-state index in [1.807, 2.05) is 20.8 Å². The van der Waals surface area contributed by atoms with Crippen LogP contribution >= 0.6 is 0 Å². The van der Waals surface area contributed by atoms with Gasteiger partial charge in [-0.15, -0.1) is 0 Å². The van der Waals surface area contributed by atoms with Gasteiger partial charge >= 0.3 is 18.0 Å². The Morgan fingerprint density at radius 1 is 1.29 bits per heavy atom. The van der Waals surface area contributed by atoms with Gasteiger partial charge in [0.1, 0.15) is 0 Å². The van der Waals surface area contributed by atoms with E-state index in [-0.39, 0.29) is 30.3 Å². The lowest BCUT2D eigenvalue weighted by Crippen LogP contribution is -2.49. The second-order valence-electron chi connectivity index (χ2n) is 6.07. The molecule has 0 saturated carbocycles. The molecule has 7 nitrogen and oxygen atoms in total. The van der Waals surface area contributed by atoms with Crippen molar-refractivity contribution in [2.75, 3.05) is 20.7 Å². The summed E-state index contributed by atoms with van der Waals surface area (Å²) in [6.45, 7) is 6.01. The molecule has 0 bridgehead atoms. The molecule has 1 unspecified atom stereocenters. The number of carboxylic acids is 1. The third-order valence-electron chi connectivity index (χ3n) is 3.17. The summed E-state index contributed by atoms with van der Waals surface area (Å²) < 4.78 is 4.52. The van der Waals surface area contributed by atoms with Crippen molar-refractivity contribution in [2.45, 2.75) is 46.1 Å². The molecule has 0 spiro atoms. The van der Waals surface area contributed by atoms with E-state index in [0.29, 0.717) is 13.0 Å². The number of esters is 1. The van der Waals surface area contributed by atoms with Crippen molar-refractivity contribution in [3.8, 4) is 0 Å². The molecule has 0 saturated heterocycles. The van der Waals surface area contributed by atoms with E-state index in [4.69, 9.17) is 5.11 Å². The minimum Gasteiger partial charge on any atom is -0.481 e. The van der Waals surface area contributed by atoms with E-state index in [1.165, 1.54) is 12.0 Å². The monoisotopic (exact) mass is 302 g/mol. The number of carbonyl (C=O) groups excluding carboxylic acids is 2. The number of hydrogen-bond donors (Lipinski definition) is 2. The fourth-order valence-corrected chi connectivity index (χ4v) is 1.67. The van der Waals surface area contributed by atoms with Crippen LogP contribution in [0.1, 0.15) is 40.0 Å². The van der Waals surface area contributed by atoms with Crippen molar-refractivity contribution in [1.82, 2.24) is 10.2 Å². The maximum absolute atomic E-state index is 12.0. The predicted octanol–water partition coefficient (Wildman–Crippen LogP) is 1.47. The predicted molar refractivity (Wildman–Crippen MR) is 77.9 cm³/mol. The van der Waals surface area contributed by atoms with Crippen molar-refractivity contribution >= 4 is 18.0 Å². The van der Waals surface area contributed by atoms with Gasteiger partial charge in [-0.1, -0.05) is 20.8 Å². The number of rotatable bonds is 7. The molecular formula is C14H26N2O5. The van der Waals surface area contributed by atoms with Crippen LogP contribution in [0.5, 0.6) is 0 Å². The van der Waals surface area contributed by atoms with Gasteiger partial charge in [-0.05, 0) is 11.8 Å². The van der Waals surface area contributed by atoms with E-state index in [2.05, 4.69) is 10.1 Å². The third kappa shape index (κ3) is 8.16. The summed E-state index contributed by atoms with van der Waals surface area (Å²) in [7, 11) is 2.92. The van der Waals surface area contributed by atoms with Crippen LogP contribution in [-0.2, 0) is 14.3 Å². The Kier molecular flexibility index (Phi) is 7.76. The molecule has 0 aliphatic heterocycles. The maximum Gasteiger partial charge on any atom is 0.317 e. The summed E-state index contributed by atoms with van der Waals surface area (Å²) in [5, 5.41) is 11.6. The summed E-state index contributed by atoms with van der Waals surface area (Å²) in [4.78, 5) is 35.3. The van der Waals surface area contributed by atoms with Crippen LogP contribution in [0.15, 0.2) is 0 Å². The Balaban J connectivity index is 4.41. The highest BCUT2D eigenvalue weighted by atomic mass is 16.5. The first-order chi connectivity index (χ1) is 9.57. The van der Waals surface area contributed by atoms with Crippen molar-refractivity contribution in [3.05, 3.63) is 0 Å². The van der Waals surface area contributed by atoms with Crippen molar-refractivity contribution in [2.24, 2.45) is 5.41 Å². The molecule has 0 rings (SSSR count). The first-order valence-electron chi connectivity index (χ1n) is 6.88. The number of carbonyl (C=O) groups is 3. The average Bonchev–Trinajstić information content (AvgIpc) is 2.35. The number of nitrogens with one attached hydrogen (secondary N) is 1. The van der Waals surface area contributed by atoms with Gasteiger partial charge in [0.05, 0.1) is 13.5 Å². The van der Waals surface area contributed by atoms with E-state index in [1.54, 1.807) is 7.05 Å². The van der Waals surface area contributed by atoms with Crippen LogP contribution in [0.3, 0.4) is 0 Å². The summed E-state index contributed by atoms with van der Waals surface area (Å²) >= 11 is 0. The number of amides is 2. The van der Waals surface area contributed by atoms with Gasteiger partial charge in [-0.3, -0.25) is 9.59 Å².